The summed E-state index contributed by atoms with van der Waals surface area (Å²) in [6.07, 6.45) is 1.10. The maximum atomic E-state index is 11.1. The van der Waals surface area contributed by atoms with Crippen LogP contribution in [0.5, 0.6) is 0 Å². The summed E-state index contributed by atoms with van der Waals surface area (Å²) in [6, 6.07) is 13.6. The molecule has 0 bridgehead atoms. The van der Waals surface area contributed by atoms with Gasteiger partial charge in [0.25, 0.3) is 0 Å². The standard InChI is InChI=1S/C16H17N3O/c17-14-8-11(16(18)20)5-6-15(14)19-9-12-7-10-3-1-2-4-13(10)12/h1-6,8,12,19H,7,9,17H2,(H2,18,20). The lowest BCUT2D eigenvalue weighted by Crippen LogP contribution is -2.24. The molecule has 1 atom stereocenters. The minimum atomic E-state index is -0.462. The molecular weight excluding hydrogens is 250 g/mol. The summed E-state index contributed by atoms with van der Waals surface area (Å²) >= 11 is 0. The molecule has 102 valence electrons. The molecule has 0 heterocycles. The van der Waals surface area contributed by atoms with Crippen molar-refractivity contribution in [1.82, 2.24) is 0 Å². The molecule has 4 heteroatoms. The summed E-state index contributed by atoms with van der Waals surface area (Å²) in [6.45, 7) is 0.844. The van der Waals surface area contributed by atoms with E-state index in [2.05, 4.69) is 29.6 Å². The van der Waals surface area contributed by atoms with Gasteiger partial charge in [0.15, 0.2) is 0 Å². The number of fused-ring (bicyclic) bond motifs is 1. The van der Waals surface area contributed by atoms with Crippen molar-refractivity contribution in [1.29, 1.82) is 0 Å². The van der Waals surface area contributed by atoms with Gasteiger partial charge in [-0.05, 0) is 35.7 Å². The van der Waals surface area contributed by atoms with Gasteiger partial charge in [-0.3, -0.25) is 4.79 Å². The largest absolute Gasteiger partial charge is 0.397 e. The quantitative estimate of drug-likeness (QED) is 0.742. The summed E-state index contributed by atoms with van der Waals surface area (Å²) in [5.41, 5.74) is 15.8. The summed E-state index contributed by atoms with van der Waals surface area (Å²) in [5.74, 6) is 0.0672. The second-order valence-electron chi connectivity index (χ2n) is 5.15. The molecular formula is C16H17N3O. The summed E-state index contributed by atoms with van der Waals surface area (Å²) in [4.78, 5) is 11.1. The predicted molar refractivity (Wildman–Crippen MR) is 80.7 cm³/mol. The molecule has 0 aliphatic heterocycles. The average Bonchev–Trinajstić information content (AvgIpc) is 2.41. The van der Waals surface area contributed by atoms with Crippen molar-refractivity contribution in [3.05, 3.63) is 59.2 Å². The second-order valence-corrected chi connectivity index (χ2v) is 5.15. The Hall–Kier alpha value is -2.49. The lowest BCUT2D eigenvalue weighted by atomic mass is 9.77. The van der Waals surface area contributed by atoms with E-state index in [4.69, 9.17) is 11.5 Å². The van der Waals surface area contributed by atoms with E-state index in [1.54, 1.807) is 18.2 Å². The van der Waals surface area contributed by atoms with Gasteiger partial charge >= 0.3 is 0 Å². The Morgan fingerprint density at radius 2 is 2.05 bits per heavy atom. The molecule has 0 saturated carbocycles. The third kappa shape index (κ3) is 2.20. The zero-order valence-electron chi connectivity index (χ0n) is 11.1. The molecule has 0 radical (unpaired) electrons. The van der Waals surface area contributed by atoms with Crippen molar-refractivity contribution in [3.8, 4) is 0 Å². The Balaban J connectivity index is 1.67. The van der Waals surface area contributed by atoms with Gasteiger partial charge in [0, 0.05) is 18.0 Å². The van der Waals surface area contributed by atoms with Crippen molar-refractivity contribution >= 4 is 17.3 Å². The number of rotatable bonds is 4. The van der Waals surface area contributed by atoms with E-state index in [1.165, 1.54) is 11.1 Å². The normalized spacial score (nSPS) is 16.1. The second kappa shape index (κ2) is 4.89. The van der Waals surface area contributed by atoms with Gasteiger partial charge < -0.3 is 16.8 Å². The number of nitrogen functional groups attached to an aromatic ring is 1. The van der Waals surface area contributed by atoms with Crippen LogP contribution in [-0.4, -0.2) is 12.5 Å². The third-order valence-corrected chi connectivity index (χ3v) is 3.84. The third-order valence-electron chi connectivity index (χ3n) is 3.84. The smallest absolute Gasteiger partial charge is 0.248 e. The number of nitrogens with one attached hydrogen (secondary N) is 1. The van der Waals surface area contributed by atoms with E-state index in [-0.39, 0.29) is 0 Å². The molecule has 1 aliphatic carbocycles. The first kappa shape index (κ1) is 12.5. The van der Waals surface area contributed by atoms with Gasteiger partial charge in [-0.15, -0.1) is 0 Å². The van der Waals surface area contributed by atoms with Crippen LogP contribution in [0.2, 0.25) is 0 Å². The Bertz CT molecular complexity index is 667. The first-order valence-electron chi connectivity index (χ1n) is 6.66. The van der Waals surface area contributed by atoms with E-state index >= 15 is 0 Å². The number of benzene rings is 2. The van der Waals surface area contributed by atoms with Crippen LogP contribution < -0.4 is 16.8 Å². The number of primary amides is 1. The molecule has 20 heavy (non-hydrogen) atoms. The van der Waals surface area contributed by atoms with Crippen molar-refractivity contribution in [3.63, 3.8) is 0 Å². The van der Waals surface area contributed by atoms with E-state index in [0.717, 1.165) is 18.7 Å². The number of anilines is 2. The van der Waals surface area contributed by atoms with Gasteiger partial charge in [-0.2, -0.15) is 0 Å². The summed E-state index contributed by atoms with van der Waals surface area (Å²) in [7, 11) is 0. The van der Waals surface area contributed by atoms with E-state index in [1.807, 2.05) is 0 Å². The van der Waals surface area contributed by atoms with Crippen molar-refractivity contribution < 1.29 is 4.79 Å². The molecule has 0 spiro atoms. The van der Waals surface area contributed by atoms with E-state index in [9.17, 15) is 4.79 Å². The molecule has 5 N–H and O–H groups in total. The lowest BCUT2D eigenvalue weighted by molar-refractivity contribution is 0.100. The highest BCUT2D eigenvalue weighted by Gasteiger charge is 2.24. The Kier molecular flexibility index (Phi) is 3.06. The lowest BCUT2D eigenvalue weighted by Gasteiger charge is -2.30. The predicted octanol–water partition coefficient (Wildman–Crippen LogP) is 2.12. The van der Waals surface area contributed by atoms with Crippen LogP contribution in [0.25, 0.3) is 0 Å². The van der Waals surface area contributed by atoms with Gasteiger partial charge in [0.1, 0.15) is 0 Å². The number of amides is 1. The minimum Gasteiger partial charge on any atom is -0.397 e. The Labute approximate surface area is 117 Å². The fraction of sp³-hybridized carbons (Fsp3) is 0.188. The van der Waals surface area contributed by atoms with Crippen LogP contribution >= 0.6 is 0 Å². The topological polar surface area (TPSA) is 81.1 Å². The summed E-state index contributed by atoms with van der Waals surface area (Å²) < 4.78 is 0. The zero-order valence-corrected chi connectivity index (χ0v) is 11.1. The molecule has 1 unspecified atom stereocenters. The number of hydrogen-bond donors (Lipinski definition) is 3. The van der Waals surface area contributed by atoms with Crippen molar-refractivity contribution in [2.24, 2.45) is 5.73 Å². The molecule has 0 aromatic heterocycles. The van der Waals surface area contributed by atoms with Gasteiger partial charge in [-0.25, -0.2) is 0 Å². The zero-order chi connectivity index (χ0) is 14.1. The van der Waals surface area contributed by atoms with Gasteiger partial charge in [0.2, 0.25) is 5.91 Å². The summed E-state index contributed by atoms with van der Waals surface area (Å²) in [5, 5.41) is 3.34. The molecule has 1 aliphatic rings. The fourth-order valence-corrected chi connectivity index (χ4v) is 2.65. The number of carbonyl (C=O) groups is 1. The van der Waals surface area contributed by atoms with Crippen LogP contribution in [-0.2, 0) is 6.42 Å². The highest BCUT2D eigenvalue weighted by molar-refractivity contribution is 5.94. The SMILES string of the molecule is NC(=O)c1ccc(NCC2Cc3ccccc32)c(N)c1. The van der Waals surface area contributed by atoms with Crippen molar-refractivity contribution in [2.75, 3.05) is 17.6 Å². The van der Waals surface area contributed by atoms with E-state index < -0.39 is 5.91 Å². The molecule has 2 aromatic carbocycles. The van der Waals surface area contributed by atoms with Crippen molar-refractivity contribution in [2.45, 2.75) is 12.3 Å². The first-order chi connectivity index (χ1) is 9.65. The highest BCUT2D eigenvalue weighted by atomic mass is 16.1. The highest BCUT2D eigenvalue weighted by Crippen LogP contribution is 2.35. The molecule has 4 nitrogen and oxygen atoms in total. The maximum Gasteiger partial charge on any atom is 0.248 e. The average molecular weight is 267 g/mol. The van der Waals surface area contributed by atoms with Gasteiger partial charge in [-0.1, -0.05) is 24.3 Å². The molecule has 3 rings (SSSR count). The minimum absolute atomic E-state index is 0.432. The fourth-order valence-electron chi connectivity index (χ4n) is 2.65. The molecule has 2 aromatic rings. The number of nitrogens with two attached hydrogens (primary N) is 2. The number of carbonyl (C=O) groups excluding carboxylic acids is 1. The molecule has 0 saturated heterocycles. The van der Waals surface area contributed by atoms with Crippen LogP contribution in [0.3, 0.4) is 0 Å². The van der Waals surface area contributed by atoms with E-state index in [0.29, 0.717) is 17.2 Å². The van der Waals surface area contributed by atoms with Crippen LogP contribution in [0.1, 0.15) is 27.4 Å². The molecule has 1 amide bonds. The number of hydrogen-bond acceptors (Lipinski definition) is 3. The first-order valence-corrected chi connectivity index (χ1v) is 6.66. The van der Waals surface area contributed by atoms with Crippen LogP contribution in [0, 0.1) is 0 Å². The maximum absolute atomic E-state index is 11.1. The molecule has 0 fully saturated rings. The van der Waals surface area contributed by atoms with Crippen LogP contribution in [0.4, 0.5) is 11.4 Å². The van der Waals surface area contributed by atoms with Crippen LogP contribution in [0.15, 0.2) is 42.5 Å². The Morgan fingerprint density at radius 1 is 1.25 bits per heavy atom. The van der Waals surface area contributed by atoms with Gasteiger partial charge in [0.05, 0.1) is 11.4 Å². The monoisotopic (exact) mass is 267 g/mol. The Morgan fingerprint density at radius 3 is 2.75 bits per heavy atom.